The molecule has 2 nitrogen and oxygen atoms in total. The van der Waals surface area contributed by atoms with E-state index in [1.165, 1.54) is 0 Å². The normalized spacial score (nSPS) is 37.0. The first kappa shape index (κ1) is 10.1. The summed E-state index contributed by atoms with van der Waals surface area (Å²) in [7, 11) is 0.0288. The number of hydrogen-bond acceptors (Lipinski definition) is 2. The van der Waals surface area contributed by atoms with Crippen LogP contribution in [0.1, 0.15) is 34.1 Å². The Hall–Kier alpha value is -0.0151. The van der Waals surface area contributed by atoms with E-state index in [0.29, 0.717) is 18.1 Å². The van der Waals surface area contributed by atoms with Gasteiger partial charge in [0.15, 0.2) is 0 Å². The molecule has 3 heteroatoms. The molecule has 0 bridgehead atoms. The molecule has 3 atom stereocenters. The highest BCUT2D eigenvalue weighted by atomic mass is 16.6. The van der Waals surface area contributed by atoms with Crippen LogP contribution in [-0.4, -0.2) is 19.3 Å². The summed E-state index contributed by atoms with van der Waals surface area (Å²) in [6.07, 6.45) is 2.77. The maximum atomic E-state index is 5.75. The van der Waals surface area contributed by atoms with Crippen molar-refractivity contribution in [2.45, 2.75) is 52.6 Å². The van der Waals surface area contributed by atoms with Crippen molar-refractivity contribution >= 4 is 7.12 Å². The first-order chi connectivity index (χ1) is 5.69. The Morgan fingerprint density at radius 3 is 2.33 bits per heavy atom. The lowest BCUT2D eigenvalue weighted by molar-refractivity contribution is -0.0251. The van der Waals surface area contributed by atoms with E-state index in [2.05, 4.69) is 27.7 Å². The van der Waals surface area contributed by atoms with E-state index in [1.807, 2.05) is 0 Å². The molecule has 0 amide bonds. The van der Waals surface area contributed by atoms with Crippen molar-refractivity contribution in [3.8, 4) is 0 Å². The lowest BCUT2D eigenvalue weighted by Gasteiger charge is -2.37. The molecule has 0 aromatic carbocycles. The molecule has 1 saturated heterocycles. The highest BCUT2D eigenvalue weighted by molar-refractivity contribution is 6.44. The summed E-state index contributed by atoms with van der Waals surface area (Å²) in [5, 5.41) is 0. The summed E-state index contributed by atoms with van der Waals surface area (Å²) >= 11 is 0. The van der Waals surface area contributed by atoms with Gasteiger partial charge in [0.1, 0.15) is 0 Å². The SMILES string of the molecule is CCB1OC(C)C(C)C(CC)O1. The summed E-state index contributed by atoms with van der Waals surface area (Å²) in [6, 6.07) is 0. The zero-order valence-corrected chi connectivity index (χ0v) is 8.54. The molecule has 1 aliphatic heterocycles. The van der Waals surface area contributed by atoms with Crippen molar-refractivity contribution in [1.82, 2.24) is 0 Å². The molecule has 0 N–H and O–H groups in total. The van der Waals surface area contributed by atoms with Gasteiger partial charge in [0.25, 0.3) is 0 Å². The van der Waals surface area contributed by atoms with Crippen LogP contribution in [0.3, 0.4) is 0 Å². The molecular formula is C9H19BO2. The fourth-order valence-corrected chi connectivity index (χ4v) is 1.68. The molecule has 0 aromatic rings. The van der Waals surface area contributed by atoms with Crippen LogP contribution in [0.5, 0.6) is 0 Å². The predicted octanol–water partition coefficient (Wildman–Crippen LogP) is 2.34. The summed E-state index contributed by atoms with van der Waals surface area (Å²) in [6.45, 7) is 8.61. The number of rotatable bonds is 2. The van der Waals surface area contributed by atoms with Gasteiger partial charge in [0, 0.05) is 18.1 Å². The molecule has 12 heavy (non-hydrogen) atoms. The van der Waals surface area contributed by atoms with Crippen LogP contribution >= 0.6 is 0 Å². The Morgan fingerprint density at radius 1 is 1.17 bits per heavy atom. The third kappa shape index (κ3) is 2.02. The van der Waals surface area contributed by atoms with Crippen LogP contribution in [0.4, 0.5) is 0 Å². The van der Waals surface area contributed by atoms with Gasteiger partial charge in [-0.3, -0.25) is 0 Å². The highest BCUT2D eigenvalue weighted by Crippen LogP contribution is 2.25. The van der Waals surface area contributed by atoms with Gasteiger partial charge in [-0.25, -0.2) is 0 Å². The van der Waals surface area contributed by atoms with E-state index in [1.54, 1.807) is 0 Å². The van der Waals surface area contributed by atoms with E-state index < -0.39 is 0 Å². The predicted molar refractivity (Wildman–Crippen MR) is 51.1 cm³/mol. The zero-order chi connectivity index (χ0) is 9.14. The summed E-state index contributed by atoms with van der Waals surface area (Å²) in [5.74, 6) is 0.526. The smallest absolute Gasteiger partial charge is 0.408 e. The van der Waals surface area contributed by atoms with E-state index in [9.17, 15) is 0 Å². The van der Waals surface area contributed by atoms with Crippen LogP contribution in [0.2, 0.25) is 6.32 Å². The minimum atomic E-state index is 0.0288. The van der Waals surface area contributed by atoms with Crippen molar-refractivity contribution in [2.75, 3.05) is 0 Å². The summed E-state index contributed by atoms with van der Waals surface area (Å²) < 4.78 is 11.4. The van der Waals surface area contributed by atoms with Crippen molar-refractivity contribution in [1.29, 1.82) is 0 Å². The van der Waals surface area contributed by atoms with Gasteiger partial charge in [-0.15, -0.1) is 0 Å². The average Bonchev–Trinajstić information content (AvgIpc) is 2.09. The van der Waals surface area contributed by atoms with Crippen molar-refractivity contribution in [3.05, 3.63) is 0 Å². The quantitative estimate of drug-likeness (QED) is 0.592. The Bertz CT molecular complexity index is 140. The molecule has 0 radical (unpaired) electrons. The van der Waals surface area contributed by atoms with E-state index in [-0.39, 0.29) is 7.12 Å². The van der Waals surface area contributed by atoms with Gasteiger partial charge in [0.2, 0.25) is 0 Å². The van der Waals surface area contributed by atoms with Gasteiger partial charge in [-0.2, -0.15) is 0 Å². The molecule has 1 aliphatic rings. The largest absolute Gasteiger partial charge is 0.456 e. The van der Waals surface area contributed by atoms with Crippen LogP contribution < -0.4 is 0 Å². The lowest BCUT2D eigenvalue weighted by Crippen LogP contribution is -2.45. The monoisotopic (exact) mass is 170 g/mol. The van der Waals surface area contributed by atoms with Gasteiger partial charge in [-0.1, -0.05) is 20.8 Å². The Kier molecular flexibility index (Phi) is 3.60. The third-order valence-electron chi connectivity index (χ3n) is 2.76. The molecule has 70 valence electrons. The molecule has 1 fully saturated rings. The molecule has 0 aromatic heterocycles. The second-order valence-corrected chi connectivity index (χ2v) is 3.62. The third-order valence-corrected chi connectivity index (χ3v) is 2.76. The molecular weight excluding hydrogens is 151 g/mol. The first-order valence-electron chi connectivity index (χ1n) is 4.99. The summed E-state index contributed by atoms with van der Waals surface area (Å²) in [5.41, 5.74) is 0. The maximum Gasteiger partial charge on any atom is 0.456 e. The number of hydrogen-bond donors (Lipinski definition) is 0. The fraction of sp³-hybridized carbons (Fsp3) is 1.00. The molecule has 3 unspecified atom stereocenters. The Morgan fingerprint density at radius 2 is 1.83 bits per heavy atom. The molecule has 0 saturated carbocycles. The second kappa shape index (κ2) is 4.29. The molecule has 1 rings (SSSR count). The van der Waals surface area contributed by atoms with E-state index in [4.69, 9.17) is 9.31 Å². The van der Waals surface area contributed by atoms with Gasteiger partial charge >= 0.3 is 7.12 Å². The second-order valence-electron chi connectivity index (χ2n) is 3.62. The topological polar surface area (TPSA) is 18.5 Å². The highest BCUT2D eigenvalue weighted by Gasteiger charge is 2.34. The lowest BCUT2D eigenvalue weighted by atomic mass is 9.80. The molecule has 0 spiro atoms. The maximum absolute atomic E-state index is 5.75. The summed E-state index contributed by atoms with van der Waals surface area (Å²) in [4.78, 5) is 0. The van der Waals surface area contributed by atoms with E-state index in [0.717, 1.165) is 12.7 Å². The standard InChI is InChI=1S/C9H19BO2/c1-5-9-7(3)8(4)11-10(6-2)12-9/h7-9H,5-6H2,1-4H3. The minimum Gasteiger partial charge on any atom is -0.408 e. The van der Waals surface area contributed by atoms with Crippen LogP contribution in [0.25, 0.3) is 0 Å². The Balaban J connectivity index is 2.52. The van der Waals surface area contributed by atoms with Crippen LogP contribution in [0.15, 0.2) is 0 Å². The van der Waals surface area contributed by atoms with Crippen molar-refractivity contribution in [2.24, 2.45) is 5.92 Å². The van der Waals surface area contributed by atoms with Crippen molar-refractivity contribution in [3.63, 3.8) is 0 Å². The van der Waals surface area contributed by atoms with Gasteiger partial charge in [-0.05, 0) is 19.7 Å². The van der Waals surface area contributed by atoms with Gasteiger partial charge < -0.3 is 9.31 Å². The molecule has 0 aliphatic carbocycles. The minimum absolute atomic E-state index is 0.0288. The first-order valence-corrected chi connectivity index (χ1v) is 4.99. The molecule has 1 heterocycles. The zero-order valence-electron chi connectivity index (χ0n) is 8.54. The Labute approximate surface area is 75.8 Å². The van der Waals surface area contributed by atoms with Gasteiger partial charge in [0.05, 0.1) is 0 Å². The van der Waals surface area contributed by atoms with Crippen LogP contribution in [-0.2, 0) is 9.31 Å². The van der Waals surface area contributed by atoms with Crippen molar-refractivity contribution < 1.29 is 9.31 Å². The van der Waals surface area contributed by atoms with Crippen LogP contribution in [0, 0.1) is 5.92 Å². The average molecular weight is 170 g/mol. The van der Waals surface area contributed by atoms with E-state index >= 15 is 0 Å². The fourth-order valence-electron chi connectivity index (χ4n) is 1.68.